The molecule has 4 heteroatoms. The molecule has 0 radical (unpaired) electrons. The topological polar surface area (TPSA) is 53.6 Å². The van der Waals surface area contributed by atoms with Crippen LogP contribution in [-0.2, 0) is 6.42 Å². The van der Waals surface area contributed by atoms with Gasteiger partial charge in [-0.1, -0.05) is 13.3 Å². The van der Waals surface area contributed by atoms with Gasteiger partial charge in [0, 0.05) is 12.2 Å². The average molecular weight is 270 g/mol. The molecule has 2 N–H and O–H groups in total. The van der Waals surface area contributed by atoms with E-state index >= 15 is 0 Å². The minimum atomic E-state index is 0.603. The summed E-state index contributed by atoms with van der Waals surface area (Å²) in [5.74, 6) is 2.88. The van der Waals surface area contributed by atoms with E-state index in [9.17, 15) is 0 Å². The minimum Gasteiger partial charge on any atom is -0.366 e. The Balaban J connectivity index is 1.66. The van der Waals surface area contributed by atoms with Crippen LogP contribution < -0.4 is 5.32 Å². The summed E-state index contributed by atoms with van der Waals surface area (Å²) in [4.78, 5) is 12.1. The summed E-state index contributed by atoms with van der Waals surface area (Å²) in [6.45, 7) is 2.18. The van der Waals surface area contributed by atoms with Crippen LogP contribution in [0.2, 0.25) is 0 Å². The van der Waals surface area contributed by atoms with Crippen LogP contribution in [0.4, 0.5) is 5.82 Å². The van der Waals surface area contributed by atoms with Crippen molar-refractivity contribution in [3.8, 4) is 0 Å². The van der Waals surface area contributed by atoms with Crippen LogP contribution in [0.3, 0.4) is 0 Å². The van der Waals surface area contributed by atoms with Gasteiger partial charge in [0.1, 0.15) is 17.8 Å². The molecule has 2 aromatic heterocycles. The Hall–Kier alpha value is -1.58. The first-order valence-electron chi connectivity index (χ1n) is 7.92. The van der Waals surface area contributed by atoms with Gasteiger partial charge in [-0.3, -0.25) is 0 Å². The van der Waals surface area contributed by atoms with Crippen molar-refractivity contribution in [1.29, 1.82) is 0 Å². The number of anilines is 1. The SMILES string of the molecule is CCc1c[nH]c2ncnc(NC3CCC4CCC3C4)c12. The number of hydrogen-bond donors (Lipinski definition) is 2. The number of hydrogen-bond acceptors (Lipinski definition) is 3. The van der Waals surface area contributed by atoms with E-state index in [1.165, 1.54) is 43.1 Å². The predicted octanol–water partition coefficient (Wildman–Crippen LogP) is 3.51. The van der Waals surface area contributed by atoms with E-state index < -0.39 is 0 Å². The number of fused-ring (bicyclic) bond motifs is 3. The van der Waals surface area contributed by atoms with Crippen molar-refractivity contribution in [3.63, 3.8) is 0 Å². The summed E-state index contributed by atoms with van der Waals surface area (Å²) in [5, 5.41) is 4.93. The second-order valence-corrected chi connectivity index (χ2v) is 6.38. The van der Waals surface area contributed by atoms with E-state index in [0.29, 0.717) is 6.04 Å². The third-order valence-corrected chi connectivity index (χ3v) is 5.29. The number of rotatable bonds is 3. The van der Waals surface area contributed by atoms with Crippen LogP contribution in [0.5, 0.6) is 0 Å². The van der Waals surface area contributed by atoms with E-state index in [-0.39, 0.29) is 0 Å². The summed E-state index contributed by atoms with van der Waals surface area (Å²) in [6.07, 6.45) is 11.7. The van der Waals surface area contributed by atoms with Crippen LogP contribution in [0, 0.1) is 11.8 Å². The molecular weight excluding hydrogens is 248 g/mol. The molecule has 2 fully saturated rings. The number of nitrogens with one attached hydrogen (secondary N) is 2. The first-order chi connectivity index (χ1) is 9.85. The number of aryl methyl sites for hydroxylation is 1. The largest absolute Gasteiger partial charge is 0.366 e. The first-order valence-corrected chi connectivity index (χ1v) is 7.92. The van der Waals surface area contributed by atoms with E-state index in [1.807, 2.05) is 0 Å². The lowest BCUT2D eigenvalue weighted by atomic mass is 9.85. The molecule has 2 saturated carbocycles. The molecule has 2 aliphatic rings. The standard InChI is InChI=1S/C16H22N4/c1-2-11-8-17-15-14(11)16(19-9-18-15)20-13-6-4-10-3-5-12(13)7-10/h8-10,12-13H,2-7H2,1H3,(H2,17,18,19,20). The molecule has 3 unspecified atom stereocenters. The van der Waals surface area contributed by atoms with Gasteiger partial charge in [0.2, 0.25) is 0 Å². The van der Waals surface area contributed by atoms with E-state index in [4.69, 9.17) is 0 Å². The zero-order valence-corrected chi connectivity index (χ0v) is 12.0. The number of aromatic amines is 1. The Morgan fingerprint density at radius 1 is 1.25 bits per heavy atom. The molecule has 0 aromatic carbocycles. The first kappa shape index (κ1) is 12.2. The average Bonchev–Trinajstić information content (AvgIpc) is 3.07. The summed E-state index contributed by atoms with van der Waals surface area (Å²) in [7, 11) is 0. The highest BCUT2D eigenvalue weighted by Crippen LogP contribution is 2.43. The fourth-order valence-electron chi connectivity index (χ4n) is 4.17. The quantitative estimate of drug-likeness (QED) is 0.897. The van der Waals surface area contributed by atoms with Gasteiger partial charge in [0.15, 0.2) is 0 Å². The normalized spacial score (nSPS) is 28.9. The van der Waals surface area contributed by atoms with Crippen LogP contribution in [0.1, 0.15) is 44.6 Å². The summed E-state index contributed by atoms with van der Waals surface area (Å²) in [5.41, 5.74) is 2.27. The Morgan fingerprint density at radius 3 is 3.05 bits per heavy atom. The van der Waals surface area contributed by atoms with Crippen molar-refractivity contribution in [2.45, 2.75) is 51.5 Å². The molecule has 2 aliphatic carbocycles. The fraction of sp³-hybridized carbons (Fsp3) is 0.625. The molecule has 0 amide bonds. The lowest BCUT2D eigenvalue weighted by Gasteiger charge is -2.30. The summed E-state index contributed by atoms with van der Waals surface area (Å²) in [6, 6.07) is 0.603. The molecule has 0 saturated heterocycles. The Labute approximate surface area is 119 Å². The maximum absolute atomic E-state index is 4.52. The highest BCUT2D eigenvalue weighted by atomic mass is 15.1. The third-order valence-electron chi connectivity index (χ3n) is 5.29. The molecule has 20 heavy (non-hydrogen) atoms. The highest BCUT2D eigenvalue weighted by Gasteiger charge is 2.36. The second-order valence-electron chi connectivity index (χ2n) is 6.38. The molecule has 3 atom stereocenters. The Kier molecular flexibility index (Phi) is 2.90. The van der Waals surface area contributed by atoms with E-state index in [2.05, 4.69) is 33.4 Å². The van der Waals surface area contributed by atoms with Crippen molar-refractivity contribution in [2.24, 2.45) is 11.8 Å². The zero-order chi connectivity index (χ0) is 13.5. The molecule has 0 aliphatic heterocycles. The van der Waals surface area contributed by atoms with E-state index in [1.54, 1.807) is 6.33 Å². The van der Waals surface area contributed by atoms with Gasteiger partial charge < -0.3 is 10.3 Å². The van der Waals surface area contributed by atoms with Crippen molar-refractivity contribution >= 4 is 16.9 Å². The maximum Gasteiger partial charge on any atom is 0.143 e. The Morgan fingerprint density at radius 2 is 2.15 bits per heavy atom. The predicted molar refractivity (Wildman–Crippen MR) is 80.7 cm³/mol. The molecule has 4 nitrogen and oxygen atoms in total. The van der Waals surface area contributed by atoms with Gasteiger partial charge in [0.25, 0.3) is 0 Å². The molecule has 2 aromatic rings. The third kappa shape index (κ3) is 1.89. The molecule has 106 valence electrons. The number of nitrogens with zero attached hydrogens (tertiary/aromatic N) is 2. The van der Waals surface area contributed by atoms with Gasteiger partial charge in [0.05, 0.1) is 5.39 Å². The number of aromatic nitrogens is 3. The van der Waals surface area contributed by atoms with Gasteiger partial charge in [-0.15, -0.1) is 0 Å². The number of H-pyrrole nitrogens is 1. The molecule has 2 bridgehead atoms. The van der Waals surface area contributed by atoms with Gasteiger partial charge >= 0.3 is 0 Å². The minimum absolute atomic E-state index is 0.603. The molecule has 2 heterocycles. The summed E-state index contributed by atoms with van der Waals surface area (Å²) < 4.78 is 0. The molecule has 4 rings (SSSR count). The monoisotopic (exact) mass is 270 g/mol. The van der Waals surface area contributed by atoms with Crippen LogP contribution in [0.15, 0.2) is 12.5 Å². The van der Waals surface area contributed by atoms with Gasteiger partial charge in [-0.05, 0) is 49.5 Å². The maximum atomic E-state index is 4.52. The zero-order valence-electron chi connectivity index (χ0n) is 12.0. The van der Waals surface area contributed by atoms with Crippen LogP contribution in [0.25, 0.3) is 11.0 Å². The van der Waals surface area contributed by atoms with Crippen molar-refractivity contribution in [2.75, 3.05) is 5.32 Å². The second kappa shape index (κ2) is 4.76. The van der Waals surface area contributed by atoms with Crippen LogP contribution >= 0.6 is 0 Å². The van der Waals surface area contributed by atoms with Gasteiger partial charge in [-0.2, -0.15) is 0 Å². The van der Waals surface area contributed by atoms with Gasteiger partial charge in [-0.25, -0.2) is 9.97 Å². The fourth-order valence-corrected chi connectivity index (χ4v) is 4.17. The molecular formula is C16H22N4. The van der Waals surface area contributed by atoms with Crippen molar-refractivity contribution < 1.29 is 0 Å². The smallest absolute Gasteiger partial charge is 0.143 e. The van der Waals surface area contributed by atoms with Crippen LogP contribution in [-0.4, -0.2) is 21.0 Å². The van der Waals surface area contributed by atoms with Crippen molar-refractivity contribution in [1.82, 2.24) is 15.0 Å². The van der Waals surface area contributed by atoms with Crippen molar-refractivity contribution in [3.05, 3.63) is 18.1 Å². The lowest BCUT2D eigenvalue weighted by Crippen LogP contribution is -2.31. The molecule has 0 spiro atoms. The Bertz CT molecular complexity index is 618. The summed E-state index contributed by atoms with van der Waals surface area (Å²) >= 11 is 0. The lowest BCUT2D eigenvalue weighted by molar-refractivity contribution is 0.329. The highest BCUT2D eigenvalue weighted by molar-refractivity contribution is 5.90. The van der Waals surface area contributed by atoms with E-state index in [0.717, 1.165) is 29.7 Å².